The van der Waals surface area contributed by atoms with Crippen molar-refractivity contribution >= 4 is 35.2 Å². The number of non-ortho nitro benzene ring substituents is 1. The van der Waals surface area contributed by atoms with Crippen LogP contribution in [0.3, 0.4) is 0 Å². The number of carbonyl (C=O) groups excluding carboxylic acids is 2. The molecule has 0 aromatic heterocycles. The highest BCUT2D eigenvalue weighted by Gasteiger charge is 2.65. The number of ether oxygens (including phenoxy) is 5. The molecule has 3 aliphatic rings. The maximum absolute atomic E-state index is 15.1. The molecule has 1 fully saturated rings. The van der Waals surface area contributed by atoms with Crippen LogP contribution in [0.25, 0.3) is 6.08 Å². The number of hydrogen-bond acceptors (Lipinski definition) is 13. The monoisotopic (exact) mass is 976 g/mol. The number of nitro groups is 1. The summed E-state index contributed by atoms with van der Waals surface area (Å²) >= 11 is 0. The molecule has 7 rings (SSSR count). The summed E-state index contributed by atoms with van der Waals surface area (Å²) in [6.07, 6.45) is 10.0. The molecule has 1 aliphatic heterocycles. The summed E-state index contributed by atoms with van der Waals surface area (Å²) in [5.41, 5.74) is 3.50. The van der Waals surface area contributed by atoms with Crippen LogP contribution < -0.4 is 24.3 Å². The second-order valence-electron chi connectivity index (χ2n) is 17.5. The number of nitrogens with zero attached hydrogens (tertiary/aromatic N) is 3. The van der Waals surface area contributed by atoms with Gasteiger partial charge in [0, 0.05) is 61.9 Å². The summed E-state index contributed by atoms with van der Waals surface area (Å²) in [5.74, 6) is -2.34. The fourth-order valence-electron chi connectivity index (χ4n) is 10.1. The second kappa shape index (κ2) is 24.2. The fourth-order valence-corrected chi connectivity index (χ4v) is 10.1. The molecule has 4 aromatic rings. The fraction of sp³-hybridized carbons (Fsp3) is 0.389. The number of oxime groups is 1. The molecule has 6 atom stereocenters. The van der Waals surface area contributed by atoms with Gasteiger partial charge in [-0.25, -0.2) is 9.18 Å². The molecule has 0 spiro atoms. The molecule has 16 nitrogen and oxygen atoms in total. The number of aliphatic hydroxyl groups is 2. The summed E-state index contributed by atoms with van der Waals surface area (Å²) in [5, 5.41) is 38.9. The van der Waals surface area contributed by atoms with Crippen LogP contribution >= 0.6 is 0 Å². The number of unbranched alkanes of at least 4 members (excludes halogenated alkanes) is 2. The Labute approximate surface area is 412 Å². The second-order valence-corrected chi connectivity index (χ2v) is 17.5. The number of amides is 2. The van der Waals surface area contributed by atoms with Gasteiger partial charge in [-0.2, -0.15) is 0 Å². The van der Waals surface area contributed by atoms with Crippen LogP contribution in [0.5, 0.6) is 23.0 Å². The van der Waals surface area contributed by atoms with Gasteiger partial charge in [-0.15, -0.1) is 6.58 Å². The third kappa shape index (κ3) is 11.9. The van der Waals surface area contributed by atoms with Gasteiger partial charge in [0.05, 0.1) is 43.1 Å². The van der Waals surface area contributed by atoms with Gasteiger partial charge in [0.2, 0.25) is 11.7 Å². The Morgan fingerprint density at radius 3 is 2.38 bits per heavy atom. The predicted molar refractivity (Wildman–Crippen MR) is 265 cm³/mol. The summed E-state index contributed by atoms with van der Waals surface area (Å²) in [4.78, 5) is 47.1. The molecular weight excluding hydrogens is 916 g/mol. The summed E-state index contributed by atoms with van der Waals surface area (Å²) in [6.45, 7) is 6.08. The minimum Gasteiger partial charge on any atom is -0.497 e. The number of halogens is 1. The molecule has 1 saturated carbocycles. The standard InChI is InChI=1S/C54H61FN4O12/c1-5-29-68-54-49(58(34-36-13-18-38(55)19-14-36)50(62)26-17-35-15-20-39(21-16-35)59(64)65)33-46(57-69-6-2)43-30-37(11-7-9-27-60)42(12-8-10-28-61)51(52(43)54)44-31-41(23-25-47(44)71-54)70-53(63)56-45-24-22-40(66-3)32-48(45)67-4/h5,13-26,30-32,37,42,49,51-52,60-61H,1,6-12,27-29,33-34H2,2-4H3,(H,56,63). The lowest BCUT2D eigenvalue weighted by Gasteiger charge is -2.60. The van der Waals surface area contributed by atoms with Gasteiger partial charge >= 0.3 is 6.09 Å². The van der Waals surface area contributed by atoms with Crippen molar-refractivity contribution in [3.05, 3.63) is 148 Å². The van der Waals surface area contributed by atoms with E-state index in [0.717, 1.165) is 17.6 Å². The van der Waals surface area contributed by atoms with Crippen LogP contribution in [0.2, 0.25) is 0 Å². The number of nitrogens with one attached hydrogen (secondary N) is 1. The van der Waals surface area contributed by atoms with E-state index in [0.29, 0.717) is 71.9 Å². The molecule has 2 aliphatic carbocycles. The van der Waals surface area contributed by atoms with Gasteiger partial charge in [0.25, 0.3) is 5.69 Å². The van der Waals surface area contributed by atoms with Gasteiger partial charge in [0.1, 0.15) is 41.5 Å². The zero-order chi connectivity index (χ0) is 50.5. The number of fused-ring (bicyclic) bond motifs is 2. The van der Waals surface area contributed by atoms with Crippen LogP contribution in [0.4, 0.5) is 20.6 Å². The van der Waals surface area contributed by atoms with Gasteiger partial charge in [-0.1, -0.05) is 42.3 Å². The molecule has 376 valence electrons. The Morgan fingerprint density at radius 2 is 1.70 bits per heavy atom. The van der Waals surface area contributed by atoms with Crippen LogP contribution in [-0.2, 0) is 20.9 Å². The topological polar surface area (TPSA) is 201 Å². The zero-order valence-electron chi connectivity index (χ0n) is 40.2. The van der Waals surface area contributed by atoms with Crippen LogP contribution in [0, 0.1) is 33.7 Å². The van der Waals surface area contributed by atoms with Crippen molar-refractivity contribution in [3.63, 3.8) is 0 Å². The van der Waals surface area contributed by atoms with Gasteiger partial charge in [-0.3, -0.25) is 20.2 Å². The van der Waals surface area contributed by atoms with E-state index in [-0.39, 0.29) is 62.7 Å². The van der Waals surface area contributed by atoms with Crippen molar-refractivity contribution in [3.8, 4) is 23.0 Å². The van der Waals surface area contributed by atoms with Crippen molar-refractivity contribution in [2.24, 2.45) is 22.9 Å². The Bertz CT molecular complexity index is 2600. The van der Waals surface area contributed by atoms with E-state index in [9.17, 15) is 29.5 Å². The van der Waals surface area contributed by atoms with Gasteiger partial charge in [0.15, 0.2) is 0 Å². The van der Waals surface area contributed by atoms with E-state index in [1.165, 1.54) is 44.6 Å². The third-order valence-electron chi connectivity index (χ3n) is 13.3. The van der Waals surface area contributed by atoms with E-state index in [4.69, 9.17) is 33.7 Å². The number of carbonyl (C=O) groups is 2. The van der Waals surface area contributed by atoms with Crippen molar-refractivity contribution < 1.29 is 57.6 Å². The highest BCUT2D eigenvalue weighted by molar-refractivity contribution is 6.03. The number of methoxy groups -OCH3 is 2. The normalized spacial score (nSPS) is 21.5. The van der Waals surface area contributed by atoms with Crippen molar-refractivity contribution in [1.82, 2.24) is 4.90 Å². The molecule has 0 radical (unpaired) electrons. The van der Waals surface area contributed by atoms with Crippen LogP contribution in [0.15, 0.2) is 120 Å². The first-order chi connectivity index (χ1) is 34.5. The number of hydrogen-bond donors (Lipinski definition) is 3. The van der Waals surface area contributed by atoms with E-state index in [1.54, 1.807) is 77.7 Å². The Kier molecular flexibility index (Phi) is 17.6. The Morgan fingerprint density at radius 1 is 0.972 bits per heavy atom. The average Bonchev–Trinajstić information content (AvgIpc) is 3.37. The van der Waals surface area contributed by atoms with Crippen molar-refractivity contribution in [2.75, 3.05) is 46.0 Å². The average molecular weight is 977 g/mol. The van der Waals surface area contributed by atoms with Crippen molar-refractivity contribution in [2.45, 2.75) is 76.2 Å². The molecule has 1 heterocycles. The third-order valence-corrected chi connectivity index (χ3v) is 13.3. The van der Waals surface area contributed by atoms with Crippen LogP contribution in [-0.4, -0.2) is 90.2 Å². The number of rotatable bonds is 23. The highest BCUT2D eigenvalue weighted by Crippen LogP contribution is 2.62. The minimum atomic E-state index is -1.64. The van der Waals surface area contributed by atoms with E-state index < -0.39 is 46.4 Å². The first-order valence-electron chi connectivity index (χ1n) is 23.9. The molecular formula is C54H61FN4O12. The van der Waals surface area contributed by atoms with Crippen molar-refractivity contribution in [1.29, 1.82) is 0 Å². The Balaban J connectivity index is 1.41. The smallest absolute Gasteiger partial charge is 0.417 e. The predicted octanol–water partition coefficient (Wildman–Crippen LogP) is 9.76. The number of allylic oxidation sites excluding steroid dienone is 1. The highest BCUT2D eigenvalue weighted by atomic mass is 19.1. The molecule has 4 aromatic carbocycles. The molecule has 17 heteroatoms. The number of aliphatic hydroxyl groups excluding tert-OH is 2. The van der Waals surface area contributed by atoms with Gasteiger partial charge < -0.3 is 43.6 Å². The van der Waals surface area contributed by atoms with Crippen LogP contribution in [0.1, 0.15) is 74.5 Å². The molecule has 2 amide bonds. The SMILES string of the molecule is C=CCOC12Oc3ccc(OC(=O)Nc4ccc(OC)cc4OC)cc3C3C(CCCCO)C(CCCCO)C=C(C(=NOCC)CC1N(Cc1ccc(F)cc1)C(=O)C=Cc1ccc([N+](=O)[O-])cc1)C32. The number of anilines is 1. The van der Waals surface area contributed by atoms with E-state index >= 15 is 4.79 Å². The lowest BCUT2D eigenvalue weighted by Crippen LogP contribution is -2.70. The largest absolute Gasteiger partial charge is 0.497 e. The first kappa shape index (κ1) is 51.8. The van der Waals surface area contributed by atoms with Gasteiger partial charge in [-0.05, 0) is 122 Å². The minimum absolute atomic E-state index is 0.00276. The zero-order valence-corrected chi connectivity index (χ0v) is 40.2. The summed E-state index contributed by atoms with van der Waals surface area (Å²) in [6, 6.07) is 20.8. The summed E-state index contributed by atoms with van der Waals surface area (Å²) < 4.78 is 45.6. The quantitative estimate of drug-likeness (QED) is 0.0209. The first-order valence-corrected chi connectivity index (χ1v) is 23.9. The molecule has 0 bridgehead atoms. The maximum Gasteiger partial charge on any atom is 0.417 e. The van der Waals surface area contributed by atoms with E-state index in [2.05, 4.69) is 18.0 Å². The number of benzene rings is 4. The molecule has 71 heavy (non-hydrogen) atoms. The Hall–Kier alpha value is -7.08. The lowest BCUT2D eigenvalue weighted by atomic mass is 9.55. The van der Waals surface area contributed by atoms with E-state index in [1.807, 2.05) is 6.92 Å². The molecule has 6 unspecified atom stereocenters. The maximum atomic E-state index is 15.1. The summed E-state index contributed by atoms with van der Waals surface area (Å²) in [7, 11) is 3.00. The lowest BCUT2D eigenvalue weighted by molar-refractivity contribution is -0.384. The number of nitro benzene ring substituents is 1. The molecule has 0 saturated heterocycles. The molecule has 3 N–H and O–H groups in total.